The molecular formula is C17H23N5OS. The number of nitrogens with zero attached hydrogens (tertiary/aromatic N) is 4. The van der Waals surface area contributed by atoms with Crippen LogP contribution >= 0.6 is 11.3 Å². The van der Waals surface area contributed by atoms with Crippen molar-refractivity contribution in [2.75, 3.05) is 32.0 Å². The number of likely N-dealkylation sites (tertiary alicyclic amines) is 1. The summed E-state index contributed by atoms with van der Waals surface area (Å²) in [4.78, 5) is 26.2. The molecular weight excluding hydrogens is 322 g/mol. The first-order chi connectivity index (χ1) is 11.6. The summed E-state index contributed by atoms with van der Waals surface area (Å²) >= 11 is 1.71. The van der Waals surface area contributed by atoms with Crippen LogP contribution in [0.5, 0.6) is 0 Å². The molecule has 1 fully saturated rings. The van der Waals surface area contributed by atoms with E-state index in [1.807, 2.05) is 22.5 Å². The van der Waals surface area contributed by atoms with Crippen LogP contribution in [0.1, 0.15) is 17.0 Å². The maximum atomic E-state index is 12.3. The average molecular weight is 345 g/mol. The summed E-state index contributed by atoms with van der Waals surface area (Å²) < 4.78 is 0. The van der Waals surface area contributed by atoms with Crippen molar-refractivity contribution in [2.24, 2.45) is 5.92 Å². The number of rotatable bonds is 5. The van der Waals surface area contributed by atoms with Crippen molar-refractivity contribution in [3.63, 3.8) is 0 Å². The highest BCUT2D eigenvalue weighted by Gasteiger charge is 2.27. The highest BCUT2D eigenvalue weighted by Crippen LogP contribution is 2.20. The Kier molecular flexibility index (Phi) is 5.42. The lowest BCUT2D eigenvalue weighted by atomic mass is 10.1. The first-order valence-electron chi connectivity index (χ1n) is 8.15. The van der Waals surface area contributed by atoms with Gasteiger partial charge < -0.3 is 15.1 Å². The normalized spacial score (nSPS) is 17.5. The molecule has 1 aliphatic heterocycles. The van der Waals surface area contributed by atoms with Gasteiger partial charge in [0.05, 0.1) is 23.1 Å². The van der Waals surface area contributed by atoms with Crippen molar-refractivity contribution in [1.82, 2.24) is 19.8 Å². The minimum Gasteiger partial charge on any atom is -0.324 e. The predicted molar refractivity (Wildman–Crippen MR) is 96.1 cm³/mol. The Hall–Kier alpha value is -1.99. The lowest BCUT2D eigenvalue weighted by Gasteiger charge is -2.21. The van der Waals surface area contributed by atoms with Crippen LogP contribution in [0.3, 0.4) is 0 Å². The molecule has 128 valence electrons. The molecule has 1 saturated heterocycles. The Morgan fingerprint density at radius 1 is 1.54 bits per heavy atom. The van der Waals surface area contributed by atoms with E-state index in [0.717, 1.165) is 44.0 Å². The number of urea groups is 1. The van der Waals surface area contributed by atoms with Gasteiger partial charge in [0.15, 0.2) is 0 Å². The van der Waals surface area contributed by atoms with Crippen LogP contribution in [0.2, 0.25) is 0 Å². The number of aromatic nitrogens is 2. The van der Waals surface area contributed by atoms with Crippen molar-refractivity contribution >= 4 is 23.1 Å². The summed E-state index contributed by atoms with van der Waals surface area (Å²) in [6, 6.07) is 3.63. The summed E-state index contributed by atoms with van der Waals surface area (Å²) in [5, 5.41) is 2.91. The Balaban J connectivity index is 1.46. The standard InChI is InChI=1S/C17H23N5OS/c1-13-16(24-12-19-13)11-21(2)9-14-5-7-22(10-14)17(23)20-15-4-3-6-18-8-15/h3-4,6,8,12,14H,5,7,9-11H2,1-2H3,(H,20,23). The fourth-order valence-electron chi connectivity index (χ4n) is 3.03. The Labute approximate surface area is 146 Å². The van der Waals surface area contributed by atoms with Gasteiger partial charge in [-0.15, -0.1) is 11.3 Å². The quantitative estimate of drug-likeness (QED) is 0.905. The molecule has 7 heteroatoms. The van der Waals surface area contributed by atoms with E-state index in [1.54, 1.807) is 23.7 Å². The second-order valence-electron chi connectivity index (χ2n) is 6.33. The number of anilines is 1. The number of nitrogens with one attached hydrogen (secondary N) is 1. The van der Waals surface area contributed by atoms with Crippen LogP contribution in [0.25, 0.3) is 0 Å². The second kappa shape index (κ2) is 7.72. The van der Waals surface area contributed by atoms with Gasteiger partial charge in [-0.3, -0.25) is 4.98 Å². The zero-order valence-corrected chi connectivity index (χ0v) is 14.9. The van der Waals surface area contributed by atoms with E-state index in [2.05, 4.69) is 34.2 Å². The third kappa shape index (κ3) is 4.30. The van der Waals surface area contributed by atoms with Crippen LogP contribution in [-0.2, 0) is 6.54 Å². The van der Waals surface area contributed by atoms with Crippen molar-refractivity contribution < 1.29 is 4.79 Å². The van der Waals surface area contributed by atoms with E-state index >= 15 is 0 Å². The average Bonchev–Trinajstić information content (AvgIpc) is 3.18. The number of hydrogen-bond donors (Lipinski definition) is 1. The van der Waals surface area contributed by atoms with E-state index in [-0.39, 0.29) is 6.03 Å². The number of carbonyl (C=O) groups is 1. The Bertz CT molecular complexity index is 675. The molecule has 0 saturated carbocycles. The molecule has 0 aromatic carbocycles. The molecule has 2 aromatic rings. The maximum Gasteiger partial charge on any atom is 0.321 e. The molecule has 3 heterocycles. The first-order valence-corrected chi connectivity index (χ1v) is 9.03. The highest BCUT2D eigenvalue weighted by atomic mass is 32.1. The van der Waals surface area contributed by atoms with Crippen LogP contribution in [-0.4, -0.2) is 52.5 Å². The van der Waals surface area contributed by atoms with Gasteiger partial charge in [-0.05, 0) is 38.4 Å². The van der Waals surface area contributed by atoms with Crippen LogP contribution in [0.4, 0.5) is 10.5 Å². The van der Waals surface area contributed by atoms with E-state index in [9.17, 15) is 4.79 Å². The lowest BCUT2D eigenvalue weighted by Crippen LogP contribution is -2.34. The fraction of sp³-hybridized carbons (Fsp3) is 0.471. The highest BCUT2D eigenvalue weighted by molar-refractivity contribution is 7.09. The van der Waals surface area contributed by atoms with Crippen molar-refractivity contribution in [2.45, 2.75) is 19.9 Å². The molecule has 6 nitrogen and oxygen atoms in total. The largest absolute Gasteiger partial charge is 0.324 e. The summed E-state index contributed by atoms with van der Waals surface area (Å²) in [6.07, 6.45) is 4.41. The molecule has 0 spiro atoms. The van der Waals surface area contributed by atoms with Gasteiger partial charge in [-0.25, -0.2) is 9.78 Å². The summed E-state index contributed by atoms with van der Waals surface area (Å²) in [5.74, 6) is 0.517. The van der Waals surface area contributed by atoms with E-state index in [0.29, 0.717) is 5.92 Å². The van der Waals surface area contributed by atoms with Gasteiger partial charge in [-0.1, -0.05) is 0 Å². The SMILES string of the molecule is Cc1ncsc1CN(C)CC1CCN(C(=O)Nc2cccnc2)C1. The monoisotopic (exact) mass is 345 g/mol. The first kappa shape index (κ1) is 16.9. The van der Waals surface area contributed by atoms with E-state index in [1.165, 1.54) is 4.88 Å². The molecule has 1 N–H and O–H groups in total. The molecule has 1 unspecified atom stereocenters. The number of thiazole rings is 1. The van der Waals surface area contributed by atoms with Gasteiger partial charge >= 0.3 is 6.03 Å². The van der Waals surface area contributed by atoms with Gasteiger partial charge in [0.1, 0.15) is 0 Å². The number of hydrogen-bond acceptors (Lipinski definition) is 5. The predicted octanol–water partition coefficient (Wildman–Crippen LogP) is 2.83. The number of amides is 2. The smallest absolute Gasteiger partial charge is 0.321 e. The van der Waals surface area contributed by atoms with Crippen molar-refractivity contribution in [3.8, 4) is 0 Å². The second-order valence-corrected chi connectivity index (χ2v) is 7.27. The van der Waals surface area contributed by atoms with Crippen molar-refractivity contribution in [3.05, 3.63) is 40.6 Å². The van der Waals surface area contributed by atoms with E-state index in [4.69, 9.17) is 0 Å². The van der Waals surface area contributed by atoms with Gasteiger partial charge in [-0.2, -0.15) is 0 Å². The van der Waals surface area contributed by atoms with Crippen LogP contribution in [0.15, 0.2) is 30.0 Å². The minimum atomic E-state index is -0.0357. The van der Waals surface area contributed by atoms with Crippen LogP contribution < -0.4 is 5.32 Å². The zero-order valence-electron chi connectivity index (χ0n) is 14.1. The summed E-state index contributed by atoms with van der Waals surface area (Å²) in [6.45, 7) is 5.59. The molecule has 0 aliphatic carbocycles. The number of pyridine rings is 1. The zero-order chi connectivity index (χ0) is 16.9. The summed E-state index contributed by atoms with van der Waals surface area (Å²) in [7, 11) is 2.14. The lowest BCUT2D eigenvalue weighted by molar-refractivity contribution is 0.217. The minimum absolute atomic E-state index is 0.0357. The molecule has 1 atom stereocenters. The maximum absolute atomic E-state index is 12.3. The molecule has 0 radical (unpaired) electrons. The molecule has 2 amide bonds. The van der Waals surface area contributed by atoms with Gasteiger partial charge in [0, 0.05) is 37.3 Å². The Morgan fingerprint density at radius 2 is 2.42 bits per heavy atom. The number of aryl methyl sites for hydroxylation is 1. The molecule has 2 aromatic heterocycles. The fourth-order valence-corrected chi connectivity index (χ4v) is 3.89. The van der Waals surface area contributed by atoms with Gasteiger partial charge in [0.2, 0.25) is 0 Å². The third-order valence-electron chi connectivity index (χ3n) is 4.31. The topological polar surface area (TPSA) is 61.4 Å². The Morgan fingerprint density at radius 3 is 3.12 bits per heavy atom. The molecule has 1 aliphatic rings. The third-order valence-corrected chi connectivity index (χ3v) is 5.23. The summed E-state index contributed by atoms with van der Waals surface area (Å²) in [5.41, 5.74) is 3.76. The molecule has 0 bridgehead atoms. The van der Waals surface area contributed by atoms with Crippen molar-refractivity contribution in [1.29, 1.82) is 0 Å². The molecule has 24 heavy (non-hydrogen) atoms. The number of carbonyl (C=O) groups excluding carboxylic acids is 1. The van der Waals surface area contributed by atoms with Gasteiger partial charge in [0.25, 0.3) is 0 Å². The van der Waals surface area contributed by atoms with E-state index < -0.39 is 0 Å². The molecule has 3 rings (SSSR count). The van der Waals surface area contributed by atoms with Crippen LogP contribution in [0, 0.1) is 12.8 Å².